The van der Waals surface area contributed by atoms with Gasteiger partial charge in [0.25, 0.3) is 0 Å². The molecule has 0 unspecified atom stereocenters. The van der Waals surface area contributed by atoms with Crippen molar-refractivity contribution in [1.29, 1.82) is 0 Å². The molecule has 1 aromatic rings. The largest absolute Gasteiger partial charge is 0.496 e. The number of likely N-dealkylation sites (tertiary alicyclic amines) is 1. The SMILES string of the molecule is CCCCN1CCC(NCc2cc(C)ccc2OC)CC1. The predicted molar refractivity (Wildman–Crippen MR) is 88.9 cm³/mol. The van der Waals surface area contributed by atoms with Crippen LogP contribution in [0.3, 0.4) is 0 Å². The highest BCUT2D eigenvalue weighted by Crippen LogP contribution is 2.20. The van der Waals surface area contributed by atoms with Gasteiger partial charge in [-0.25, -0.2) is 0 Å². The maximum Gasteiger partial charge on any atom is 0.123 e. The third kappa shape index (κ3) is 5.01. The average Bonchev–Trinajstić information content (AvgIpc) is 2.52. The molecule has 0 radical (unpaired) electrons. The van der Waals surface area contributed by atoms with E-state index in [2.05, 4.69) is 42.3 Å². The first kappa shape index (κ1) is 16.3. The van der Waals surface area contributed by atoms with Gasteiger partial charge in [0.15, 0.2) is 0 Å². The molecule has 21 heavy (non-hydrogen) atoms. The summed E-state index contributed by atoms with van der Waals surface area (Å²) in [6.07, 6.45) is 5.15. The molecule has 0 amide bonds. The second-order valence-corrected chi connectivity index (χ2v) is 6.17. The van der Waals surface area contributed by atoms with Crippen LogP contribution >= 0.6 is 0 Å². The molecule has 1 N–H and O–H groups in total. The lowest BCUT2D eigenvalue weighted by atomic mass is 10.0. The molecule has 1 aromatic carbocycles. The number of hydrogen-bond donors (Lipinski definition) is 1. The normalized spacial score (nSPS) is 17.1. The number of nitrogens with zero attached hydrogens (tertiary/aromatic N) is 1. The van der Waals surface area contributed by atoms with E-state index in [1.807, 2.05) is 0 Å². The van der Waals surface area contributed by atoms with Crippen LogP contribution in [0.5, 0.6) is 5.75 Å². The molecular weight excluding hydrogens is 260 g/mol. The van der Waals surface area contributed by atoms with Gasteiger partial charge in [-0.1, -0.05) is 31.0 Å². The van der Waals surface area contributed by atoms with E-state index in [4.69, 9.17) is 4.74 Å². The molecule has 3 nitrogen and oxygen atoms in total. The number of benzene rings is 1. The van der Waals surface area contributed by atoms with Gasteiger partial charge in [-0.05, 0) is 51.9 Å². The minimum absolute atomic E-state index is 0.646. The second kappa shape index (κ2) is 8.40. The third-order valence-electron chi connectivity index (χ3n) is 4.43. The van der Waals surface area contributed by atoms with Gasteiger partial charge in [0.05, 0.1) is 7.11 Å². The first-order valence-electron chi connectivity index (χ1n) is 8.32. The molecule has 118 valence electrons. The summed E-state index contributed by atoms with van der Waals surface area (Å²) in [5.74, 6) is 0.994. The summed E-state index contributed by atoms with van der Waals surface area (Å²) in [6, 6.07) is 7.05. The van der Waals surface area contributed by atoms with Crippen molar-refractivity contribution < 1.29 is 4.74 Å². The smallest absolute Gasteiger partial charge is 0.123 e. The van der Waals surface area contributed by atoms with Crippen LogP contribution in [0.25, 0.3) is 0 Å². The van der Waals surface area contributed by atoms with Crippen molar-refractivity contribution in [2.45, 2.75) is 52.1 Å². The lowest BCUT2D eigenvalue weighted by Crippen LogP contribution is -2.42. The van der Waals surface area contributed by atoms with Gasteiger partial charge >= 0.3 is 0 Å². The standard InChI is InChI=1S/C18H30N2O/c1-4-5-10-20-11-8-17(9-12-20)19-14-16-13-15(2)6-7-18(16)21-3/h6-7,13,17,19H,4-5,8-12,14H2,1-3H3. The monoisotopic (exact) mass is 290 g/mol. The lowest BCUT2D eigenvalue weighted by molar-refractivity contribution is 0.194. The molecule has 0 aromatic heterocycles. The van der Waals surface area contributed by atoms with Crippen LogP contribution in [0.1, 0.15) is 43.7 Å². The Balaban J connectivity index is 1.78. The van der Waals surface area contributed by atoms with Crippen molar-refractivity contribution >= 4 is 0 Å². The van der Waals surface area contributed by atoms with Gasteiger partial charge in [0.1, 0.15) is 5.75 Å². The fourth-order valence-corrected chi connectivity index (χ4v) is 3.04. The van der Waals surface area contributed by atoms with Crippen LogP contribution in [0.15, 0.2) is 18.2 Å². The predicted octanol–water partition coefficient (Wildman–Crippen LogP) is 3.36. The van der Waals surface area contributed by atoms with E-state index >= 15 is 0 Å². The Hall–Kier alpha value is -1.06. The summed E-state index contributed by atoms with van der Waals surface area (Å²) in [4.78, 5) is 2.61. The van der Waals surface area contributed by atoms with Crippen molar-refractivity contribution in [3.05, 3.63) is 29.3 Å². The number of hydrogen-bond acceptors (Lipinski definition) is 3. The molecule has 0 spiro atoms. The van der Waals surface area contributed by atoms with Gasteiger partial charge in [-0.15, -0.1) is 0 Å². The summed E-state index contributed by atoms with van der Waals surface area (Å²) < 4.78 is 5.45. The molecule has 0 saturated carbocycles. The van der Waals surface area contributed by atoms with E-state index in [1.165, 1.54) is 56.4 Å². The summed E-state index contributed by atoms with van der Waals surface area (Å²) in [5.41, 5.74) is 2.56. The van der Waals surface area contributed by atoms with Gasteiger partial charge in [0, 0.05) is 18.2 Å². The molecule has 2 rings (SSSR count). The Morgan fingerprint density at radius 1 is 1.29 bits per heavy atom. The number of unbranched alkanes of at least 4 members (excludes halogenated alkanes) is 1. The van der Waals surface area contributed by atoms with Gasteiger partial charge in [0.2, 0.25) is 0 Å². The highest BCUT2D eigenvalue weighted by molar-refractivity contribution is 5.36. The molecule has 1 saturated heterocycles. The Kier molecular flexibility index (Phi) is 6.52. The number of nitrogens with one attached hydrogen (secondary N) is 1. The fourth-order valence-electron chi connectivity index (χ4n) is 3.04. The van der Waals surface area contributed by atoms with E-state index < -0.39 is 0 Å². The Labute approximate surface area is 129 Å². The zero-order valence-electron chi connectivity index (χ0n) is 13.8. The highest BCUT2D eigenvalue weighted by atomic mass is 16.5. The van der Waals surface area contributed by atoms with Gasteiger partial charge < -0.3 is 15.0 Å². The summed E-state index contributed by atoms with van der Waals surface area (Å²) >= 11 is 0. The van der Waals surface area contributed by atoms with Gasteiger partial charge in [-0.3, -0.25) is 0 Å². The molecule has 3 heteroatoms. The van der Waals surface area contributed by atoms with E-state index in [1.54, 1.807) is 7.11 Å². The molecule has 1 aliphatic rings. The van der Waals surface area contributed by atoms with Gasteiger partial charge in [-0.2, -0.15) is 0 Å². The van der Waals surface area contributed by atoms with Crippen LogP contribution in [0, 0.1) is 6.92 Å². The number of methoxy groups -OCH3 is 1. The number of rotatable bonds is 7. The number of aryl methyl sites for hydroxylation is 1. The molecule has 1 fully saturated rings. The Morgan fingerprint density at radius 3 is 2.71 bits per heavy atom. The van der Waals surface area contributed by atoms with E-state index in [0.717, 1.165) is 12.3 Å². The maximum atomic E-state index is 5.45. The van der Waals surface area contributed by atoms with Crippen LogP contribution < -0.4 is 10.1 Å². The molecule has 1 aliphatic heterocycles. The minimum Gasteiger partial charge on any atom is -0.496 e. The van der Waals surface area contributed by atoms with E-state index in [0.29, 0.717) is 6.04 Å². The molecular formula is C18H30N2O. The molecule has 0 aliphatic carbocycles. The first-order chi connectivity index (χ1) is 10.2. The van der Waals surface area contributed by atoms with E-state index in [9.17, 15) is 0 Å². The van der Waals surface area contributed by atoms with Crippen molar-refractivity contribution in [3.8, 4) is 5.75 Å². The topological polar surface area (TPSA) is 24.5 Å². The van der Waals surface area contributed by atoms with Crippen molar-refractivity contribution in [1.82, 2.24) is 10.2 Å². The van der Waals surface area contributed by atoms with E-state index in [-0.39, 0.29) is 0 Å². The van der Waals surface area contributed by atoms with Crippen molar-refractivity contribution in [3.63, 3.8) is 0 Å². The third-order valence-corrected chi connectivity index (χ3v) is 4.43. The number of piperidine rings is 1. The van der Waals surface area contributed by atoms with Crippen LogP contribution in [0.4, 0.5) is 0 Å². The quantitative estimate of drug-likeness (QED) is 0.833. The van der Waals surface area contributed by atoms with Crippen LogP contribution in [-0.2, 0) is 6.54 Å². The van der Waals surface area contributed by atoms with Crippen LogP contribution in [-0.4, -0.2) is 37.7 Å². The summed E-state index contributed by atoms with van der Waals surface area (Å²) in [7, 11) is 1.75. The summed E-state index contributed by atoms with van der Waals surface area (Å²) in [5, 5.41) is 3.71. The first-order valence-corrected chi connectivity index (χ1v) is 8.32. The fraction of sp³-hybridized carbons (Fsp3) is 0.667. The molecule has 0 atom stereocenters. The summed E-state index contributed by atoms with van der Waals surface area (Å²) in [6.45, 7) is 9.06. The maximum absolute atomic E-state index is 5.45. The zero-order chi connectivity index (χ0) is 15.1. The van der Waals surface area contributed by atoms with Crippen molar-refractivity contribution in [2.75, 3.05) is 26.7 Å². The average molecular weight is 290 g/mol. The second-order valence-electron chi connectivity index (χ2n) is 6.17. The molecule has 1 heterocycles. The zero-order valence-corrected chi connectivity index (χ0v) is 13.8. The molecule has 0 bridgehead atoms. The number of ether oxygens (including phenoxy) is 1. The van der Waals surface area contributed by atoms with Crippen LogP contribution in [0.2, 0.25) is 0 Å². The van der Waals surface area contributed by atoms with Crippen molar-refractivity contribution in [2.24, 2.45) is 0 Å². The lowest BCUT2D eigenvalue weighted by Gasteiger charge is -2.32. The Bertz CT molecular complexity index is 425. The minimum atomic E-state index is 0.646. The highest BCUT2D eigenvalue weighted by Gasteiger charge is 2.18. The Morgan fingerprint density at radius 2 is 2.05 bits per heavy atom.